The molecule has 3 rings (SSSR count). The number of ether oxygens (including phenoxy) is 1. The van der Waals surface area contributed by atoms with Gasteiger partial charge in [0.15, 0.2) is 5.03 Å². The number of imidazole rings is 1. The van der Waals surface area contributed by atoms with E-state index in [2.05, 4.69) is 15.0 Å². The second-order valence-corrected chi connectivity index (χ2v) is 7.31. The Kier molecular flexibility index (Phi) is 4.49. The highest BCUT2D eigenvalue weighted by Crippen LogP contribution is 2.22. The van der Waals surface area contributed by atoms with Crippen LogP contribution in [-0.2, 0) is 10.0 Å². The highest BCUT2D eigenvalue weighted by molar-refractivity contribution is 7.89. The van der Waals surface area contributed by atoms with E-state index in [0.717, 1.165) is 0 Å². The molecule has 1 saturated heterocycles. The van der Waals surface area contributed by atoms with E-state index in [1.54, 1.807) is 6.07 Å². The van der Waals surface area contributed by atoms with Crippen LogP contribution in [0.3, 0.4) is 0 Å². The van der Waals surface area contributed by atoms with Gasteiger partial charge in [0.05, 0.1) is 19.1 Å². The minimum absolute atomic E-state index is 0.0584. The third kappa shape index (κ3) is 3.39. The van der Waals surface area contributed by atoms with Gasteiger partial charge < -0.3 is 15.5 Å². The molecule has 9 nitrogen and oxygen atoms in total. The summed E-state index contributed by atoms with van der Waals surface area (Å²) in [6, 6.07) is 3.06. The topological polar surface area (TPSA) is 131 Å². The number of nitrogens with two attached hydrogens (primary N) is 1. The van der Waals surface area contributed by atoms with Crippen LogP contribution in [-0.4, -0.2) is 52.8 Å². The van der Waals surface area contributed by atoms with Crippen LogP contribution in [0.4, 0.5) is 0 Å². The summed E-state index contributed by atoms with van der Waals surface area (Å²) in [5.74, 6) is -0.211. The van der Waals surface area contributed by atoms with Crippen LogP contribution in [0.5, 0.6) is 5.75 Å². The Bertz CT molecular complexity index is 821. The standard InChI is InChI=1S/C14H17N5O4S/c15-14(20)12-6-10(3-4-17-12)23-11-2-1-5-19(8-11)24(21,22)13-7-16-9-18-13/h3-4,6-7,9,11H,1-2,5,8H2,(H2,15,20)(H,16,18). The van der Waals surface area contributed by atoms with Gasteiger partial charge in [0, 0.05) is 18.8 Å². The molecule has 1 aliphatic rings. The monoisotopic (exact) mass is 351 g/mol. The molecular formula is C14H17N5O4S. The quantitative estimate of drug-likeness (QED) is 0.787. The summed E-state index contributed by atoms with van der Waals surface area (Å²) in [6.45, 7) is 0.639. The number of aromatic amines is 1. The minimum Gasteiger partial charge on any atom is -0.489 e. The Morgan fingerprint density at radius 3 is 3.00 bits per heavy atom. The molecule has 1 aliphatic heterocycles. The highest BCUT2D eigenvalue weighted by atomic mass is 32.2. The molecule has 0 bridgehead atoms. The number of sulfonamides is 1. The van der Waals surface area contributed by atoms with Gasteiger partial charge in [-0.3, -0.25) is 9.78 Å². The fraction of sp³-hybridized carbons (Fsp3) is 0.357. The van der Waals surface area contributed by atoms with Gasteiger partial charge in [-0.25, -0.2) is 13.4 Å². The number of pyridine rings is 1. The van der Waals surface area contributed by atoms with E-state index in [0.29, 0.717) is 25.1 Å². The molecule has 3 N–H and O–H groups in total. The number of hydrogen-bond donors (Lipinski definition) is 2. The van der Waals surface area contributed by atoms with Crippen molar-refractivity contribution in [3.8, 4) is 5.75 Å². The summed E-state index contributed by atoms with van der Waals surface area (Å²) >= 11 is 0. The number of nitrogens with zero attached hydrogens (tertiary/aromatic N) is 3. The highest BCUT2D eigenvalue weighted by Gasteiger charge is 2.32. The van der Waals surface area contributed by atoms with Gasteiger partial charge in [-0.05, 0) is 18.9 Å². The number of carbonyl (C=O) groups excluding carboxylic acids is 1. The van der Waals surface area contributed by atoms with Gasteiger partial charge in [-0.15, -0.1) is 0 Å². The molecule has 0 aromatic carbocycles. The molecule has 1 unspecified atom stereocenters. The zero-order valence-corrected chi connectivity index (χ0v) is 13.6. The van der Waals surface area contributed by atoms with Crippen molar-refractivity contribution in [2.24, 2.45) is 5.73 Å². The maximum absolute atomic E-state index is 12.5. The zero-order chi connectivity index (χ0) is 17.2. The van der Waals surface area contributed by atoms with Crippen molar-refractivity contribution < 1.29 is 17.9 Å². The number of piperidine rings is 1. The van der Waals surface area contributed by atoms with Crippen molar-refractivity contribution in [3.63, 3.8) is 0 Å². The minimum atomic E-state index is -3.62. The van der Waals surface area contributed by atoms with E-state index in [4.69, 9.17) is 10.5 Å². The number of amides is 1. The van der Waals surface area contributed by atoms with E-state index in [1.165, 1.54) is 29.1 Å². The number of rotatable bonds is 5. The maximum atomic E-state index is 12.5. The summed E-state index contributed by atoms with van der Waals surface area (Å²) in [4.78, 5) is 21.4. The lowest BCUT2D eigenvalue weighted by atomic mass is 10.1. The van der Waals surface area contributed by atoms with Crippen molar-refractivity contribution in [3.05, 3.63) is 36.5 Å². The van der Waals surface area contributed by atoms with Gasteiger partial charge in [0.25, 0.3) is 15.9 Å². The lowest BCUT2D eigenvalue weighted by molar-refractivity contribution is 0.0993. The number of nitrogens with one attached hydrogen (secondary N) is 1. The van der Waals surface area contributed by atoms with Gasteiger partial charge in [-0.2, -0.15) is 4.31 Å². The second-order valence-electron chi connectivity index (χ2n) is 5.40. The predicted molar refractivity (Wildman–Crippen MR) is 83.8 cm³/mol. The van der Waals surface area contributed by atoms with E-state index in [1.807, 2.05) is 0 Å². The Hall–Kier alpha value is -2.46. The molecule has 10 heteroatoms. The third-order valence-corrected chi connectivity index (χ3v) is 5.51. The molecule has 1 atom stereocenters. The lowest BCUT2D eigenvalue weighted by Crippen LogP contribution is -2.44. The first kappa shape index (κ1) is 16.4. The van der Waals surface area contributed by atoms with Crippen LogP contribution >= 0.6 is 0 Å². The van der Waals surface area contributed by atoms with Crippen LogP contribution < -0.4 is 10.5 Å². The molecule has 0 aliphatic carbocycles. The SMILES string of the molecule is NC(=O)c1cc(OC2CCCN(S(=O)(=O)c3cnc[nH]3)C2)ccn1. The van der Waals surface area contributed by atoms with Crippen LogP contribution in [0.15, 0.2) is 35.9 Å². The van der Waals surface area contributed by atoms with Gasteiger partial charge >= 0.3 is 0 Å². The number of H-pyrrole nitrogens is 1. The van der Waals surface area contributed by atoms with Crippen molar-refractivity contribution in [2.75, 3.05) is 13.1 Å². The molecule has 0 radical (unpaired) electrons. The predicted octanol–water partition coefficient (Wildman–Crippen LogP) is 0.136. The average molecular weight is 351 g/mol. The maximum Gasteiger partial charge on any atom is 0.267 e. The van der Waals surface area contributed by atoms with Crippen molar-refractivity contribution in [1.29, 1.82) is 0 Å². The second kappa shape index (κ2) is 6.57. The van der Waals surface area contributed by atoms with Gasteiger partial charge in [0.1, 0.15) is 17.5 Å². The van der Waals surface area contributed by atoms with Crippen LogP contribution in [0.1, 0.15) is 23.3 Å². The summed E-state index contributed by atoms with van der Waals surface area (Å²) in [6.07, 6.45) is 5.10. The summed E-state index contributed by atoms with van der Waals surface area (Å²) in [7, 11) is -3.62. The van der Waals surface area contributed by atoms with E-state index < -0.39 is 15.9 Å². The van der Waals surface area contributed by atoms with E-state index in [9.17, 15) is 13.2 Å². The molecule has 1 fully saturated rings. The number of aromatic nitrogens is 3. The molecule has 24 heavy (non-hydrogen) atoms. The van der Waals surface area contributed by atoms with Crippen molar-refractivity contribution in [1.82, 2.24) is 19.3 Å². The first-order valence-electron chi connectivity index (χ1n) is 7.38. The average Bonchev–Trinajstić information content (AvgIpc) is 3.10. The van der Waals surface area contributed by atoms with E-state index in [-0.39, 0.29) is 23.4 Å². The molecule has 2 aromatic rings. The van der Waals surface area contributed by atoms with Gasteiger partial charge in [0.2, 0.25) is 0 Å². The third-order valence-electron chi connectivity index (χ3n) is 3.72. The molecule has 128 valence electrons. The van der Waals surface area contributed by atoms with Crippen LogP contribution in [0.2, 0.25) is 0 Å². The molecular weight excluding hydrogens is 334 g/mol. The Morgan fingerprint density at radius 1 is 1.46 bits per heavy atom. The van der Waals surface area contributed by atoms with E-state index >= 15 is 0 Å². The molecule has 2 aromatic heterocycles. The molecule has 1 amide bonds. The first-order chi connectivity index (χ1) is 11.5. The summed E-state index contributed by atoms with van der Waals surface area (Å²) in [5.41, 5.74) is 5.30. The van der Waals surface area contributed by atoms with Gasteiger partial charge in [-0.1, -0.05) is 0 Å². The first-order valence-corrected chi connectivity index (χ1v) is 8.82. The number of hydrogen-bond acceptors (Lipinski definition) is 6. The van der Waals surface area contributed by atoms with Crippen LogP contribution in [0.25, 0.3) is 0 Å². The summed E-state index contributed by atoms with van der Waals surface area (Å²) < 4.78 is 32.2. The van der Waals surface area contributed by atoms with Crippen molar-refractivity contribution >= 4 is 15.9 Å². The lowest BCUT2D eigenvalue weighted by Gasteiger charge is -2.31. The Labute approximate surface area is 138 Å². The normalized spacial score (nSPS) is 19.1. The molecule has 0 spiro atoms. The molecule has 3 heterocycles. The zero-order valence-electron chi connectivity index (χ0n) is 12.8. The Morgan fingerprint density at radius 2 is 2.29 bits per heavy atom. The van der Waals surface area contributed by atoms with Crippen LogP contribution in [0, 0.1) is 0 Å². The summed E-state index contributed by atoms with van der Waals surface area (Å²) in [5, 5.41) is 0.0584. The Balaban J connectivity index is 1.72. The fourth-order valence-electron chi connectivity index (χ4n) is 2.55. The fourth-order valence-corrected chi connectivity index (χ4v) is 3.96. The smallest absolute Gasteiger partial charge is 0.267 e. The largest absolute Gasteiger partial charge is 0.489 e. The number of primary amides is 1. The van der Waals surface area contributed by atoms with Crippen molar-refractivity contribution in [2.45, 2.75) is 24.0 Å². The molecule has 0 saturated carbocycles. The number of carbonyl (C=O) groups is 1.